The number of aliphatic imine (C=N–C) groups is 1. The highest BCUT2D eigenvalue weighted by Gasteiger charge is 2.30. The molecule has 67 heavy (non-hydrogen) atoms. The molecule has 9 N–H and O–H groups in total. The van der Waals surface area contributed by atoms with E-state index in [1.165, 1.54) is 12.5 Å². The average molecular weight is 957 g/mol. The summed E-state index contributed by atoms with van der Waals surface area (Å²) in [4.78, 5) is 59.1. The Hall–Kier alpha value is -6.35. The third-order valence-electron chi connectivity index (χ3n) is 11.5. The van der Waals surface area contributed by atoms with Crippen LogP contribution in [0, 0.1) is 5.92 Å². The van der Waals surface area contributed by atoms with Crippen molar-refractivity contribution in [2.75, 3.05) is 26.3 Å². The van der Waals surface area contributed by atoms with Crippen molar-refractivity contribution in [2.45, 2.75) is 82.5 Å². The molecule has 16 heteroatoms. The maximum atomic E-state index is 14.1. The van der Waals surface area contributed by atoms with Crippen LogP contribution < -0.4 is 42.6 Å². The van der Waals surface area contributed by atoms with E-state index < -0.39 is 48.4 Å². The molecule has 0 heterocycles. The number of esters is 1. The minimum Gasteiger partial charge on any atom is -0.493 e. The fourth-order valence-corrected chi connectivity index (χ4v) is 7.79. The van der Waals surface area contributed by atoms with Crippen LogP contribution >= 0.6 is 24.8 Å². The molecule has 1 fully saturated rings. The van der Waals surface area contributed by atoms with Crippen LogP contribution in [0.5, 0.6) is 11.5 Å². The van der Waals surface area contributed by atoms with E-state index in [4.69, 9.17) is 31.4 Å². The van der Waals surface area contributed by atoms with Gasteiger partial charge in [0.25, 0.3) is 5.91 Å². The topological polar surface area (TPSA) is 222 Å². The molecule has 1 aliphatic carbocycles. The van der Waals surface area contributed by atoms with Gasteiger partial charge in [0.05, 0.1) is 6.61 Å². The first-order valence-corrected chi connectivity index (χ1v) is 22.4. The number of halogens is 2. The van der Waals surface area contributed by atoms with Crippen LogP contribution in [-0.4, -0.2) is 74.1 Å². The summed E-state index contributed by atoms with van der Waals surface area (Å²) in [6.07, 6.45) is 6.86. The Bertz CT molecular complexity index is 2450. The lowest BCUT2D eigenvalue weighted by atomic mass is 9.86. The van der Waals surface area contributed by atoms with Gasteiger partial charge in [-0.3, -0.25) is 19.4 Å². The zero-order chi connectivity index (χ0) is 46.0. The monoisotopic (exact) mass is 955 g/mol. The molecule has 1 aliphatic rings. The van der Waals surface area contributed by atoms with E-state index in [1.807, 2.05) is 84.9 Å². The summed E-state index contributed by atoms with van der Waals surface area (Å²) in [5.41, 5.74) is 19.3. The molecule has 0 radical (unpaired) electrons. The van der Waals surface area contributed by atoms with Crippen molar-refractivity contribution < 1.29 is 33.4 Å². The number of guanidine groups is 1. The molecule has 5 aromatic rings. The van der Waals surface area contributed by atoms with Gasteiger partial charge in [0, 0.05) is 17.7 Å². The Labute approximate surface area is 404 Å². The zero-order valence-corrected chi connectivity index (χ0v) is 39.3. The second-order valence-electron chi connectivity index (χ2n) is 16.3. The summed E-state index contributed by atoms with van der Waals surface area (Å²) in [5.74, 6) is -0.831. The Kier molecular flexibility index (Phi) is 21.7. The van der Waals surface area contributed by atoms with Gasteiger partial charge in [-0.2, -0.15) is 0 Å². The minimum atomic E-state index is -1.13. The molecule has 0 saturated heterocycles. The van der Waals surface area contributed by atoms with Crippen molar-refractivity contribution in [1.29, 1.82) is 0 Å². The number of fused-ring (bicyclic) bond motifs is 2. The summed E-state index contributed by atoms with van der Waals surface area (Å²) in [6.45, 7) is 4.52. The number of carbonyl (C=O) groups excluding carboxylic acids is 4. The predicted molar refractivity (Wildman–Crippen MR) is 269 cm³/mol. The number of nitrogens with two attached hydrogens (primary N) is 3. The van der Waals surface area contributed by atoms with Crippen LogP contribution in [0.15, 0.2) is 121 Å². The van der Waals surface area contributed by atoms with Crippen LogP contribution in [0.1, 0.15) is 63.4 Å². The fraction of sp³-hybridized carbons (Fsp3) is 0.353. The first-order chi connectivity index (χ1) is 31.6. The second-order valence-corrected chi connectivity index (χ2v) is 16.3. The number of ether oxygens (including phenoxy) is 3. The van der Waals surface area contributed by atoms with E-state index >= 15 is 0 Å². The minimum absolute atomic E-state index is 0. The third-order valence-corrected chi connectivity index (χ3v) is 11.5. The van der Waals surface area contributed by atoms with Crippen LogP contribution in [0.25, 0.3) is 32.7 Å². The van der Waals surface area contributed by atoms with Crippen molar-refractivity contribution in [3.8, 4) is 22.6 Å². The summed E-state index contributed by atoms with van der Waals surface area (Å²) in [5, 5.41) is 12.3. The number of unbranched alkanes of at least 4 members (excludes halogenated alkanes) is 1. The lowest BCUT2D eigenvalue weighted by molar-refractivity contribution is -0.149. The van der Waals surface area contributed by atoms with Gasteiger partial charge in [0.15, 0.2) is 12.6 Å². The molecule has 5 aromatic carbocycles. The maximum absolute atomic E-state index is 14.1. The maximum Gasteiger partial charge on any atom is 0.329 e. The number of amides is 3. The molecule has 14 nitrogen and oxygen atoms in total. The third kappa shape index (κ3) is 15.3. The molecule has 0 aliphatic heterocycles. The SMILES string of the molecule is C=CC[C@H](NC(=O)[C@@H](CCCN=C(N)N)NC(=O)[C@@H](CCCCN)NC(=O)COc1ccc2ccccc2c1-c1c(OCC2CCC2)ccc2ccccc12)C(=O)OCc1ccccc1.Cl.Cl. The van der Waals surface area contributed by atoms with Crippen LogP contribution in [0.3, 0.4) is 0 Å². The number of nitrogens with zero attached hydrogens (tertiary/aromatic N) is 1. The Balaban J connectivity index is 0.00000490. The first kappa shape index (κ1) is 53.3. The smallest absolute Gasteiger partial charge is 0.329 e. The van der Waals surface area contributed by atoms with Gasteiger partial charge in [0.1, 0.15) is 36.2 Å². The molecular formula is C51H63Cl2N7O7. The standard InChI is InChI=1S/C51H61N7O7.2ClH/c1-2-14-42(50(62)65-32-34-15-4-3-5-16-34)58-49(61)41(24-13-30-55-51(53)54)57-48(60)40(23-10-11-29-52)56-45(59)33-64-44-28-26-37-20-7-9-22-39(37)47(44)46-38-21-8-6-19-36(38)25-27-43(46)63-31-35-17-12-18-35;;/h2-9,15-16,19-22,25-28,35,40-42H,1,10-14,17-18,23-24,29-33,52H2,(H,56,59)(H,57,60)(H,58,61)(H4,53,54,55);2*1H/t40-,41-,42+;;/m1../s1. The summed E-state index contributed by atoms with van der Waals surface area (Å²) < 4.78 is 18.5. The van der Waals surface area contributed by atoms with E-state index in [1.54, 1.807) is 0 Å². The predicted octanol–water partition coefficient (Wildman–Crippen LogP) is 7.02. The van der Waals surface area contributed by atoms with Crippen molar-refractivity contribution in [1.82, 2.24) is 16.0 Å². The average Bonchev–Trinajstić information content (AvgIpc) is 3.30. The zero-order valence-electron chi connectivity index (χ0n) is 37.7. The Morgan fingerprint density at radius 3 is 1.85 bits per heavy atom. The van der Waals surface area contributed by atoms with Crippen LogP contribution in [-0.2, 0) is 30.5 Å². The number of carbonyl (C=O) groups is 4. The molecule has 358 valence electrons. The van der Waals surface area contributed by atoms with Crippen LogP contribution in [0.2, 0.25) is 0 Å². The highest BCUT2D eigenvalue weighted by atomic mass is 35.5. The van der Waals surface area contributed by atoms with Crippen molar-refractivity contribution in [3.63, 3.8) is 0 Å². The Morgan fingerprint density at radius 2 is 1.27 bits per heavy atom. The van der Waals surface area contributed by atoms with Crippen LogP contribution in [0.4, 0.5) is 0 Å². The van der Waals surface area contributed by atoms with Crippen molar-refractivity contribution >= 4 is 76.0 Å². The van der Waals surface area contributed by atoms with Gasteiger partial charge in [0.2, 0.25) is 11.8 Å². The van der Waals surface area contributed by atoms with Crippen molar-refractivity contribution in [2.24, 2.45) is 28.1 Å². The van der Waals surface area contributed by atoms with Crippen molar-refractivity contribution in [3.05, 3.63) is 121 Å². The summed E-state index contributed by atoms with van der Waals surface area (Å²) >= 11 is 0. The van der Waals surface area contributed by atoms with Gasteiger partial charge < -0.3 is 47.4 Å². The molecule has 0 unspecified atom stereocenters. The van der Waals surface area contributed by atoms with Gasteiger partial charge in [-0.15, -0.1) is 31.4 Å². The number of benzene rings is 5. The molecule has 0 aromatic heterocycles. The number of hydrogen-bond acceptors (Lipinski definition) is 9. The van der Waals surface area contributed by atoms with Gasteiger partial charge in [-0.05, 0) is 103 Å². The first-order valence-electron chi connectivity index (χ1n) is 22.4. The number of nitrogens with one attached hydrogen (secondary N) is 3. The van der Waals surface area contributed by atoms with Gasteiger partial charge >= 0.3 is 5.97 Å². The molecule has 3 atom stereocenters. The quantitative estimate of drug-likeness (QED) is 0.0115. The fourth-order valence-electron chi connectivity index (χ4n) is 7.79. The van der Waals surface area contributed by atoms with E-state index in [0.717, 1.165) is 56.8 Å². The summed E-state index contributed by atoms with van der Waals surface area (Å²) in [7, 11) is 0. The number of hydrogen-bond donors (Lipinski definition) is 6. The molecule has 0 bridgehead atoms. The normalized spacial score (nSPS) is 13.3. The lowest BCUT2D eigenvalue weighted by Gasteiger charge is -2.26. The lowest BCUT2D eigenvalue weighted by Crippen LogP contribution is -2.56. The molecule has 6 rings (SSSR count). The Morgan fingerprint density at radius 1 is 0.701 bits per heavy atom. The van der Waals surface area contributed by atoms with E-state index in [-0.39, 0.29) is 63.2 Å². The second kappa shape index (κ2) is 27.3. The highest BCUT2D eigenvalue weighted by molar-refractivity contribution is 6.10. The number of rotatable bonds is 25. The largest absolute Gasteiger partial charge is 0.493 e. The highest BCUT2D eigenvalue weighted by Crippen LogP contribution is 2.46. The summed E-state index contributed by atoms with van der Waals surface area (Å²) in [6, 6.07) is 29.9. The van der Waals surface area contributed by atoms with Gasteiger partial charge in [-0.1, -0.05) is 103 Å². The molecule has 0 spiro atoms. The van der Waals surface area contributed by atoms with E-state index in [2.05, 4.69) is 45.7 Å². The van der Waals surface area contributed by atoms with E-state index in [9.17, 15) is 19.2 Å². The van der Waals surface area contributed by atoms with E-state index in [0.29, 0.717) is 44.1 Å². The molecular weight excluding hydrogens is 894 g/mol. The van der Waals surface area contributed by atoms with Gasteiger partial charge in [-0.25, -0.2) is 4.79 Å². The molecule has 3 amide bonds. The molecule has 1 saturated carbocycles.